The number of hydrogen-bond donors (Lipinski definition) is 13. The van der Waals surface area contributed by atoms with Crippen LogP contribution in [0.1, 0.15) is 73.4 Å². The number of aromatic hydroxyl groups is 1. The monoisotopic (exact) mass is 984 g/mol. The first-order valence-electron chi connectivity index (χ1n) is 23.3. The minimum Gasteiger partial charge on any atom is -0.507 e. The van der Waals surface area contributed by atoms with E-state index in [9.17, 15) is 45.3 Å². The van der Waals surface area contributed by atoms with Crippen molar-refractivity contribution in [1.29, 1.82) is 0 Å². The Morgan fingerprint density at radius 2 is 1.76 bits per heavy atom. The predicted octanol–water partition coefficient (Wildman–Crippen LogP) is -2.06. The van der Waals surface area contributed by atoms with Gasteiger partial charge < -0.3 is 83.1 Å². The number of benzene rings is 2. The molecular weight excluding hydrogens is 925 g/mol. The molecule has 2 aliphatic carbocycles. The summed E-state index contributed by atoms with van der Waals surface area (Å²) < 4.78 is 17.9. The number of ether oxygens (including phenoxy) is 3. The van der Waals surface area contributed by atoms with Gasteiger partial charge in [-0.25, -0.2) is 0 Å². The Balaban J connectivity index is 1.20. The number of fused-ring (bicyclic) bond motifs is 4. The lowest BCUT2D eigenvalue weighted by Gasteiger charge is -2.49. The topological polar surface area (TPSA) is 367 Å². The molecular formula is C49H60N8O14. The van der Waals surface area contributed by atoms with E-state index in [1.165, 1.54) is 26.3 Å². The summed E-state index contributed by atoms with van der Waals surface area (Å²) in [6.45, 7) is -2.07. The van der Waals surface area contributed by atoms with E-state index in [0.717, 1.165) is 22.6 Å². The molecule has 1 fully saturated rings. The average molecular weight is 985 g/mol. The van der Waals surface area contributed by atoms with Crippen molar-refractivity contribution in [2.45, 2.75) is 81.6 Å². The quantitative estimate of drug-likeness (QED) is 0.0337. The minimum absolute atomic E-state index is 0.0225. The van der Waals surface area contributed by atoms with Crippen molar-refractivity contribution in [2.75, 3.05) is 40.5 Å². The molecule has 8 rings (SSSR count). The first-order chi connectivity index (χ1) is 34.0. The number of amides is 2. The van der Waals surface area contributed by atoms with Crippen LogP contribution in [-0.2, 0) is 40.3 Å². The fourth-order valence-electron chi connectivity index (χ4n) is 10.8. The molecule has 0 spiro atoms. The molecule has 22 heteroatoms. The Morgan fingerprint density at radius 1 is 1.03 bits per heavy atom. The molecule has 0 radical (unpaired) electrons. The highest BCUT2D eigenvalue weighted by molar-refractivity contribution is 6.31. The highest BCUT2D eigenvalue weighted by Gasteiger charge is 2.57. The molecule has 0 bridgehead atoms. The summed E-state index contributed by atoms with van der Waals surface area (Å²) in [5, 5.41) is 89.2. The second-order valence-electron chi connectivity index (χ2n) is 18.4. The number of hydrogen-bond acceptors (Lipinski definition) is 19. The van der Waals surface area contributed by atoms with Gasteiger partial charge in [0.1, 0.15) is 41.2 Å². The number of carbonyl (C=O) groups is 4. The van der Waals surface area contributed by atoms with E-state index >= 15 is 9.59 Å². The van der Waals surface area contributed by atoms with Gasteiger partial charge in [0.2, 0.25) is 12.1 Å². The van der Waals surface area contributed by atoms with E-state index in [0.29, 0.717) is 29.5 Å². The van der Waals surface area contributed by atoms with Crippen LogP contribution < -0.4 is 42.6 Å². The van der Waals surface area contributed by atoms with Gasteiger partial charge in [-0.15, -0.1) is 0 Å². The van der Waals surface area contributed by atoms with E-state index < -0.39 is 102 Å². The summed E-state index contributed by atoms with van der Waals surface area (Å²) in [5.41, 5.74) is 17.0. The first-order valence-corrected chi connectivity index (χ1v) is 23.3. The van der Waals surface area contributed by atoms with Crippen LogP contribution in [0.2, 0.25) is 0 Å². The molecule has 4 heterocycles. The van der Waals surface area contributed by atoms with Crippen molar-refractivity contribution in [1.82, 2.24) is 20.9 Å². The van der Waals surface area contributed by atoms with Crippen molar-refractivity contribution >= 4 is 29.3 Å². The number of phenols is 1. The summed E-state index contributed by atoms with van der Waals surface area (Å²) >= 11 is 0. The number of nitrogens with one attached hydrogen (secondary N) is 3. The maximum atomic E-state index is 15.4. The molecule has 4 aliphatic heterocycles. The zero-order valence-corrected chi connectivity index (χ0v) is 39.1. The number of dihydropyridines is 2. The van der Waals surface area contributed by atoms with Gasteiger partial charge in [0.25, 0.3) is 11.8 Å². The van der Waals surface area contributed by atoms with E-state index in [1.54, 1.807) is 12.2 Å². The summed E-state index contributed by atoms with van der Waals surface area (Å²) in [5.74, 6) is -5.07. The molecule has 22 nitrogen and oxygen atoms in total. The standard InChI is InChI=1S/C49H60N8O14/c1-53-48(52)56-18-29-28-14-27(24-4-6-34(50)55-17-24)22(10-12-58)3-5-26(28)38-41(42(29)63)44(65)40-32(15-31(69-2)30(20-59)39(40)43(38)64)70-47-45(66)46(67)49(68,33(21-60)71-47)16-25(23-9-11-54-35(51)13-23)19-57-36(61)7-8-37(57)62/h4,6-9,13,15,17,22,25,27,33-34,45-47,54-55,58-60,63,66-68H,3,5,10-12,14,16,18-21,50-51H2,1-2H3,(H3,52,53,56). The number of nitrogens with two attached hydrogens (primary N) is 3. The Bertz CT molecular complexity index is 2680. The number of guanidine groups is 1. The Hall–Kier alpha value is -6.63. The molecule has 6 aliphatic rings. The number of allylic oxidation sites excluding steroid dienone is 3. The van der Waals surface area contributed by atoms with Crippen LogP contribution in [-0.4, -0.2) is 147 Å². The summed E-state index contributed by atoms with van der Waals surface area (Å²) in [6.07, 6.45) is 3.33. The zero-order valence-electron chi connectivity index (χ0n) is 39.1. The Kier molecular flexibility index (Phi) is 14.7. The molecule has 9 unspecified atom stereocenters. The molecule has 2 amide bonds. The average Bonchev–Trinajstić information content (AvgIpc) is 3.55. The fraction of sp³-hybridized carbons (Fsp3) is 0.449. The van der Waals surface area contributed by atoms with Gasteiger partial charge in [0.05, 0.1) is 43.4 Å². The smallest absolute Gasteiger partial charge is 0.253 e. The van der Waals surface area contributed by atoms with Gasteiger partial charge in [-0.2, -0.15) is 0 Å². The Labute approximate surface area is 407 Å². The van der Waals surface area contributed by atoms with Gasteiger partial charge in [-0.3, -0.25) is 29.1 Å². The summed E-state index contributed by atoms with van der Waals surface area (Å²) in [6, 6.07) is 1.17. The van der Waals surface area contributed by atoms with E-state index in [2.05, 4.69) is 20.9 Å². The lowest BCUT2D eigenvalue weighted by molar-refractivity contribution is -0.316. The van der Waals surface area contributed by atoms with E-state index in [1.807, 2.05) is 12.3 Å². The molecule has 0 aromatic heterocycles. The van der Waals surface area contributed by atoms with E-state index in [4.69, 9.17) is 31.4 Å². The third-order valence-electron chi connectivity index (χ3n) is 14.5. The second-order valence-corrected chi connectivity index (χ2v) is 18.4. The number of aliphatic hydroxyl groups is 6. The summed E-state index contributed by atoms with van der Waals surface area (Å²) in [4.78, 5) is 61.0. The molecule has 16 N–H and O–H groups in total. The number of aliphatic hydroxyl groups excluding tert-OH is 5. The third-order valence-corrected chi connectivity index (χ3v) is 14.5. The van der Waals surface area contributed by atoms with Crippen LogP contribution in [0.3, 0.4) is 0 Å². The first kappa shape index (κ1) is 50.7. The number of imide groups is 1. The van der Waals surface area contributed by atoms with Gasteiger partial charge in [-0.05, 0) is 78.4 Å². The number of rotatable bonds is 15. The number of ketones is 2. The number of methoxy groups -OCH3 is 1. The fourth-order valence-corrected chi connectivity index (χ4v) is 10.8. The highest BCUT2D eigenvalue weighted by atomic mass is 16.7. The van der Waals surface area contributed by atoms with E-state index in [-0.39, 0.29) is 96.3 Å². The van der Waals surface area contributed by atoms with Crippen molar-refractivity contribution in [3.63, 3.8) is 0 Å². The van der Waals surface area contributed by atoms with Crippen molar-refractivity contribution < 1.29 is 69.1 Å². The van der Waals surface area contributed by atoms with Crippen LogP contribution >= 0.6 is 0 Å². The Morgan fingerprint density at radius 3 is 2.39 bits per heavy atom. The predicted molar refractivity (Wildman–Crippen MR) is 253 cm³/mol. The third kappa shape index (κ3) is 9.28. The minimum atomic E-state index is -2.49. The van der Waals surface area contributed by atoms with Crippen LogP contribution in [0.5, 0.6) is 17.2 Å². The van der Waals surface area contributed by atoms with Crippen molar-refractivity contribution in [3.8, 4) is 17.2 Å². The number of carbonyl (C=O) groups excluding carboxylic acids is 4. The van der Waals surface area contributed by atoms with Gasteiger partial charge in [-0.1, -0.05) is 12.2 Å². The zero-order chi connectivity index (χ0) is 51.1. The SMILES string of the molecule is CN=C(N)NCc1c(O)c2c(c3c1CC(C1=CNC(N)C=C1)C(CCO)CC3)C(=O)c1c(CO)c(OC)cc(OC3OC(CO)C(O)(CC(CN4C(=O)C=CC4=O)C4=CCNC(N)=C4)C(O)C3O)c1C2=O. The van der Waals surface area contributed by atoms with Crippen LogP contribution in [0.15, 0.2) is 70.7 Å². The van der Waals surface area contributed by atoms with Crippen LogP contribution in [0.25, 0.3) is 0 Å². The molecule has 380 valence electrons. The van der Waals surface area contributed by atoms with Gasteiger partial charge >= 0.3 is 0 Å². The number of phenolic OH excluding ortho intramolecular Hbond substituents is 1. The van der Waals surface area contributed by atoms with Crippen molar-refractivity contribution in [2.24, 2.45) is 39.9 Å². The molecule has 1 saturated heterocycles. The summed E-state index contributed by atoms with van der Waals surface area (Å²) in [7, 11) is 2.72. The lowest BCUT2D eigenvalue weighted by Crippen LogP contribution is -2.68. The second kappa shape index (κ2) is 20.6. The maximum Gasteiger partial charge on any atom is 0.253 e. The van der Waals surface area contributed by atoms with Crippen LogP contribution in [0.4, 0.5) is 0 Å². The van der Waals surface area contributed by atoms with Crippen LogP contribution in [0, 0.1) is 17.8 Å². The number of aliphatic imine (C=N–C) groups is 1. The molecule has 2 aromatic carbocycles. The van der Waals surface area contributed by atoms with Gasteiger partial charge in [0, 0.05) is 85.9 Å². The number of nitrogens with zero attached hydrogens (tertiary/aromatic N) is 2. The molecule has 9 atom stereocenters. The van der Waals surface area contributed by atoms with Gasteiger partial charge in [0.15, 0.2) is 11.7 Å². The highest BCUT2D eigenvalue weighted by Crippen LogP contribution is 2.49. The molecule has 0 saturated carbocycles. The molecule has 2 aromatic rings. The largest absolute Gasteiger partial charge is 0.507 e. The molecule has 71 heavy (non-hydrogen) atoms. The normalized spacial score (nSPS) is 27.6. The lowest BCUT2D eigenvalue weighted by atomic mass is 9.74. The van der Waals surface area contributed by atoms with Crippen molar-refractivity contribution in [3.05, 3.63) is 110 Å². The maximum absolute atomic E-state index is 15.4.